The van der Waals surface area contributed by atoms with E-state index in [0.717, 1.165) is 18.9 Å². The first-order valence-electron chi connectivity index (χ1n) is 9.49. The zero-order valence-electron chi connectivity index (χ0n) is 16.3. The molecule has 2 unspecified atom stereocenters. The molecule has 0 saturated carbocycles. The van der Waals surface area contributed by atoms with Crippen LogP contribution in [0.4, 0.5) is 0 Å². The maximum Gasteiger partial charge on any atom is 0.330 e. The SMILES string of the molecule is CCCCCCC[Si](CC(O)CO)(OC)O[Si](C)(C)c1ccccc1. The molecule has 1 rings (SSSR count). The van der Waals surface area contributed by atoms with E-state index in [2.05, 4.69) is 32.2 Å². The molecule has 0 amide bonds. The number of aliphatic hydroxyl groups excluding tert-OH is 2. The third kappa shape index (κ3) is 7.72. The van der Waals surface area contributed by atoms with Gasteiger partial charge in [0.05, 0.1) is 12.7 Å². The lowest BCUT2D eigenvalue weighted by atomic mass is 10.2. The maximum atomic E-state index is 10.1. The van der Waals surface area contributed by atoms with E-state index in [4.69, 9.17) is 8.54 Å². The third-order valence-corrected chi connectivity index (χ3v) is 12.9. The predicted molar refractivity (Wildman–Crippen MR) is 109 cm³/mol. The van der Waals surface area contributed by atoms with Crippen molar-refractivity contribution in [2.75, 3.05) is 13.7 Å². The van der Waals surface area contributed by atoms with Gasteiger partial charge in [0.25, 0.3) is 0 Å². The number of benzene rings is 1. The van der Waals surface area contributed by atoms with E-state index in [1.54, 1.807) is 7.11 Å². The Kier molecular flexibility index (Phi) is 10.1. The van der Waals surface area contributed by atoms with Crippen LogP contribution in [0.15, 0.2) is 30.3 Å². The van der Waals surface area contributed by atoms with Crippen molar-refractivity contribution in [1.29, 1.82) is 0 Å². The Bertz CT molecular complexity index is 470. The molecular formula is C19H36O4Si2. The summed E-state index contributed by atoms with van der Waals surface area (Å²) in [7, 11) is -3.02. The van der Waals surface area contributed by atoms with E-state index in [-0.39, 0.29) is 6.61 Å². The summed E-state index contributed by atoms with van der Waals surface area (Å²) in [5, 5.41) is 20.6. The standard InChI is InChI=1S/C19H36O4Si2/c1-5-6-7-8-12-15-25(22-2,17-18(21)16-20)23-24(3,4)19-13-10-9-11-14-19/h9-11,13-14,18,20-21H,5-8,12,15-17H2,1-4H3. The topological polar surface area (TPSA) is 58.9 Å². The van der Waals surface area contributed by atoms with Crippen LogP contribution in [0, 0.1) is 0 Å². The normalized spacial score (nSPS) is 15.8. The molecule has 1 aromatic rings. The van der Waals surface area contributed by atoms with Crippen LogP contribution in [-0.4, -0.2) is 46.9 Å². The summed E-state index contributed by atoms with van der Waals surface area (Å²) in [6, 6.07) is 11.6. The average molecular weight is 385 g/mol. The van der Waals surface area contributed by atoms with Crippen LogP contribution in [0.25, 0.3) is 0 Å². The molecule has 1 aromatic carbocycles. The van der Waals surface area contributed by atoms with Gasteiger partial charge in [-0.05, 0) is 24.3 Å². The van der Waals surface area contributed by atoms with E-state index in [1.165, 1.54) is 24.4 Å². The maximum absolute atomic E-state index is 10.1. The molecule has 0 spiro atoms. The summed E-state index contributed by atoms with van der Waals surface area (Å²) < 4.78 is 12.7. The van der Waals surface area contributed by atoms with Crippen LogP contribution < -0.4 is 5.19 Å². The summed E-state index contributed by atoms with van der Waals surface area (Å²) in [6.07, 6.45) is 5.15. The molecule has 144 valence electrons. The van der Waals surface area contributed by atoms with Crippen LogP contribution in [-0.2, 0) is 8.54 Å². The Morgan fingerprint density at radius 2 is 1.68 bits per heavy atom. The van der Waals surface area contributed by atoms with Crippen LogP contribution in [0.2, 0.25) is 25.2 Å². The molecule has 2 atom stereocenters. The third-order valence-electron chi connectivity index (χ3n) is 4.70. The van der Waals surface area contributed by atoms with Gasteiger partial charge in [-0.2, -0.15) is 0 Å². The Morgan fingerprint density at radius 3 is 2.24 bits per heavy atom. The van der Waals surface area contributed by atoms with Crippen molar-refractivity contribution in [2.24, 2.45) is 0 Å². The van der Waals surface area contributed by atoms with E-state index < -0.39 is 23.0 Å². The quantitative estimate of drug-likeness (QED) is 0.403. The van der Waals surface area contributed by atoms with E-state index in [1.807, 2.05) is 18.2 Å². The molecule has 0 bridgehead atoms. The van der Waals surface area contributed by atoms with Crippen LogP contribution in [0.1, 0.15) is 39.0 Å². The lowest BCUT2D eigenvalue weighted by Crippen LogP contribution is -2.57. The molecule has 0 aliphatic rings. The largest absolute Gasteiger partial charge is 0.432 e. The Hall–Kier alpha value is -0.506. The zero-order valence-corrected chi connectivity index (χ0v) is 18.3. The highest BCUT2D eigenvalue weighted by Crippen LogP contribution is 2.28. The van der Waals surface area contributed by atoms with Crippen LogP contribution >= 0.6 is 0 Å². The fraction of sp³-hybridized carbons (Fsp3) is 0.684. The zero-order chi connectivity index (χ0) is 18.8. The Morgan fingerprint density at radius 1 is 1.04 bits per heavy atom. The fourth-order valence-electron chi connectivity index (χ4n) is 3.21. The number of hydrogen-bond donors (Lipinski definition) is 2. The minimum absolute atomic E-state index is 0.245. The smallest absolute Gasteiger partial charge is 0.330 e. The predicted octanol–water partition coefficient (Wildman–Crippen LogP) is 3.53. The molecule has 0 heterocycles. The molecule has 0 aliphatic carbocycles. The van der Waals surface area contributed by atoms with Crippen molar-refractivity contribution in [2.45, 2.75) is 70.3 Å². The van der Waals surface area contributed by atoms with E-state index in [9.17, 15) is 10.2 Å². The molecule has 0 saturated heterocycles. The molecule has 0 aliphatic heterocycles. The lowest BCUT2D eigenvalue weighted by molar-refractivity contribution is 0.0999. The summed E-state index contributed by atoms with van der Waals surface area (Å²) in [5.74, 6) is 0. The fourth-order valence-corrected chi connectivity index (χ4v) is 11.7. The number of rotatable bonds is 13. The van der Waals surface area contributed by atoms with Crippen molar-refractivity contribution in [1.82, 2.24) is 0 Å². The highest BCUT2D eigenvalue weighted by atomic mass is 28.4. The van der Waals surface area contributed by atoms with Crippen LogP contribution in [0.5, 0.6) is 0 Å². The van der Waals surface area contributed by atoms with Gasteiger partial charge in [0.2, 0.25) is 8.32 Å². The van der Waals surface area contributed by atoms with E-state index in [0.29, 0.717) is 6.04 Å². The summed E-state index contributed by atoms with van der Waals surface area (Å²) >= 11 is 0. The van der Waals surface area contributed by atoms with Gasteiger partial charge in [-0.3, -0.25) is 0 Å². The lowest BCUT2D eigenvalue weighted by Gasteiger charge is -2.38. The summed E-state index contributed by atoms with van der Waals surface area (Å²) in [4.78, 5) is 0. The monoisotopic (exact) mass is 384 g/mol. The summed E-state index contributed by atoms with van der Waals surface area (Å²) in [6.45, 7) is 6.34. The van der Waals surface area contributed by atoms with Crippen LogP contribution in [0.3, 0.4) is 0 Å². The Balaban J connectivity index is 2.87. The minimum Gasteiger partial charge on any atom is -0.432 e. The molecule has 2 N–H and O–H groups in total. The molecule has 0 radical (unpaired) electrons. The van der Waals surface area contributed by atoms with Crippen molar-refractivity contribution < 1.29 is 18.8 Å². The van der Waals surface area contributed by atoms with Crippen molar-refractivity contribution in [3.63, 3.8) is 0 Å². The molecule has 0 fully saturated rings. The minimum atomic E-state index is -2.58. The summed E-state index contributed by atoms with van der Waals surface area (Å²) in [5.41, 5.74) is 0. The molecule has 4 nitrogen and oxygen atoms in total. The Labute approximate surface area is 155 Å². The highest BCUT2D eigenvalue weighted by Gasteiger charge is 2.44. The highest BCUT2D eigenvalue weighted by molar-refractivity contribution is 6.91. The molecule has 25 heavy (non-hydrogen) atoms. The molecule has 6 heteroatoms. The van der Waals surface area contributed by atoms with Gasteiger partial charge in [-0.15, -0.1) is 0 Å². The number of hydrogen-bond acceptors (Lipinski definition) is 4. The van der Waals surface area contributed by atoms with Gasteiger partial charge in [-0.25, -0.2) is 0 Å². The number of unbranched alkanes of at least 4 members (excludes halogenated alkanes) is 4. The van der Waals surface area contributed by atoms with Gasteiger partial charge in [0.15, 0.2) is 0 Å². The first-order valence-corrected chi connectivity index (χ1v) is 14.6. The van der Waals surface area contributed by atoms with Gasteiger partial charge in [0, 0.05) is 13.2 Å². The van der Waals surface area contributed by atoms with Gasteiger partial charge in [-0.1, -0.05) is 69.4 Å². The van der Waals surface area contributed by atoms with E-state index >= 15 is 0 Å². The number of aliphatic hydroxyl groups is 2. The van der Waals surface area contributed by atoms with Gasteiger partial charge < -0.3 is 18.8 Å². The van der Waals surface area contributed by atoms with Gasteiger partial charge in [0.1, 0.15) is 0 Å². The van der Waals surface area contributed by atoms with Gasteiger partial charge >= 0.3 is 8.56 Å². The first kappa shape index (κ1) is 22.5. The average Bonchev–Trinajstić information content (AvgIpc) is 2.61. The second kappa shape index (κ2) is 11.3. The first-order chi connectivity index (χ1) is 11.9. The van der Waals surface area contributed by atoms with Crippen molar-refractivity contribution in [3.05, 3.63) is 30.3 Å². The second-order valence-corrected chi connectivity index (χ2v) is 14.9. The molecule has 0 aromatic heterocycles. The molecular weight excluding hydrogens is 348 g/mol. The van der Waals surface area contributed by atoms with Crippen molar-refractivity contribution >= 4 is 22.1 Å². The van der Waals surface area contributed by atoms with Crippen molar-refractivity contribution in [3.8, 4) is 0 Å². The second-order valence-electron chi connectivity index (χ2n) is 7.30.